The van der Waals surface area contributed by atoms with Crippen molar-refractivity contribution in [3.8, 4) is 22.4 Å². The molecule has 6 nitrogen and oxygen atoms in total. The minimum Gasteiger partial charge on any atom is -0.383 e. The quantitative estimate of drug-likeness (QED) is 0.733. The van der Waals surface area contributed by atoms with Crippen LogP contribution in [-0.2, 0) is 17.8 Å². The van der Waals surface area contributed by atoms with E-state index in [0.717, 1.165) is 36.4 Å². The van der Waals surface area contributed by atoms with Crippen LogP contribution in [0.4, 0.5) is 5.82 Å². The molecule has 3 N–H and O–H groups in total. The Kier molecular flexibility index (Phi) is 4.50. The van der Waals surface area contributed by atoms with Crippen molar-refractivity contribution >= 4 is 5.82 Å². The van der Waals surface area contributed by atoms with Gasteiger partial charge in [0.05, 0.1) is 18.9 Å². The summed E-state index contributed by atoms with van der Waals surface area (Å²) in [4.78, 5) is 12.8. The van der Waals surface area contributed by atoms with Crippen LogP contribution in [0.15, 0.2) is 43.0 Å². The van der Waals surface area contributed by atoms with Crippen LogP contribution in [-0.4, -0.2) is 28.1 Å². The number of nitrogens with zero attached hydrogens (tertiary/aromatic N) is 3. The van der Waals surface area contributed by atoms with E-state index in [1.54, 1.807) is 6.20 Å². The number of nitrogens with two attached hydrogens (primary N) is 1. The zero-order chi connectivity index (χ0) is 18.9. The first kappa shape index (κ1) is 17.3. The largest absolute Gasteiger partial charge is 0.383 e. The minimum atomic E-state index is 0.401. The smallest absolute Gasteiger partial charge is 0.132 e. The second kappa shape index (κ2) is 7.30. The second-order valence-corrected chi connectivity index (χ2v) is 7.41. The Morgan fingerprint density at radius 3 is 2.93 bits per heavy atom. The van der Waals surface area contributed by atoms with E-state index in [0.29, 0.717) is 18.5 Å². The topological polar surface area (TPSA) is 86.0 Å². The number of anilines is 1. The molecular weight excluding hydrogens is 350 g/mol. The number of pyridine rings is 1. The van der Waals surface area contributed by atoms with Gasteiger partial charge in [0.15, 0.2) is 0 Å². The van der Waals surface area contributed by atoms with Crippen molar-refractivity contribution in [3.63, 3.8) is 0 Å². The van der Waals surface area contributed by atoms with Crippen molar-refractivity contribution in [2.75, 3.05) is 18.9 Å². The second-order valence-electron chi connectivity index (χ2n) is 7.41. The number of ether oxygens (including phenoxy) is 1. The Balaban J connectivity index is 1.62. The third kappa shape index (κ3) is 3.15. The van der Waals surface area contributed by atoms with Crippen LogP contribution in [0, 0.1) is 0 Å². The molecule has 0 aliphatic carbocycles. The van der Waals surface area contributed by atoms with Crippen molar-refractivity contribution in [1.82, 2.24) is 20.3 Å². The predicted octanol–water partition coefficient (Wildman–Crippen LogP) is 3.29. The standard InChI is InChI=1S/C22H23N5O/c23-22-18(21-3-6-24-13-27-21)10-16(11-26-22)15-8-14-4-7-28-12-19(14)17(9-15)20-2-1-5-25-20/h3,6,8-11,13,20,25H,1-2,4-5,7,12H2,(H2,23,26). The highest BCUT2D eigenvalue weighted by Gasteiger charge is 2.24. The summed E-state index contributed by atoms with van der Waals surface area (Å²) < 4.78 is 5.76. The molecule has 0 amide bonds. The summed E-state index contributed by atoms with van der Waals surface area (Å²) in [5.41, 5.74) is 14.1. The maximum atomic E-state index is 6.14. The molecule has 1 unspecified atom stereocenters. The molecular formula is C22H23N5O. The lowest BCUT2D eigenvalue weighted by molar-refractivity contribution is 0.109. The van der Waals surface area contributed by atoms with Crippen molar-refractivity contribution < 1.29 is 4.74 Å². The molecule has 0 saturated carbocycles. The van der Waals surface area contributed by atoms with Gasteiger partial charge < -0.3 is 15.8 Å². The first-order chi connectivity index (χ1) is 13.8. The molecule has 28 heavy (non-hydrogen) atoms. The van der Waals surface area contributed by atoms with Gasteiger partial charge in [-0.2, -0.15) is 0 Å². The van der Waals surface area contributed by atoms with Crippen molar-refractivity contribution in [2.24, 2.45) is 0 Å². The fourth-order valence-corrected chi connectivity index (χ4v) is 4.23. The molecule has 3 aromatic rings. The number of nitrogen functional groups attached to an aromatic ring is 1. The first-order valence-electron chi connectivity index (χ1n) is 9.79. The molecule has 1 fully saturated rings. The molecule has 1 atom stereocenters. The normalized spacial score (nSPS) is 18.8. The molecule has 2 aliphatic rings. The molecule has 4 heterocycles. The van der Waals surface area contributed by atoms with Crippen LogP contribution in [0.2, 0.25) is 0 Å². The van der Waals surface area contributed by atoms with E-state index in [-0.39, 0.29) is 0 Å². The zero-order valence-corrected chi connectivity index (χ0v) is 15.7. The van der Waals surface area contributed by atoms with Crippen LogP contribution in [0.3, 0.4) is 0 Å². The van der Waals surface area contributed by atoms with E-state index in [1.807, 2.05) is 12.3 Å². The summed E-state index contributed by atoms with van der Waals surface area (Å²) in [6.45, 7) is 2.56. The molecule has 6 heteroatoms. The molecule has 142 valence electrons. The van der Waals surface area contributed by atoms with E-state index >= 15 is 0 Å². The number of hydrogen-bond donors (Lipinski definition) is 2. The molecule has 2 aromatic heterocycles. The first-order valence-corrected chi connectivity index (χ1v) is 9.79. The van der Waals surface area contributed by atoms with Gasteiger partial charge in [-0.05, 0) is 66.3 Å². The summed E-state index contributed by atoms with van der Waals surface area (Å²) in [5, 5.41) is 3.64. The number of hydrogen-bond acceptors (Lipinski definition) is 6. The number of benzene rings is 1. The minimum absolute atomic E-state index is 0.401. The van der Waals surface area contributed by atoms with Crippen molar-refractivity contribution in [2.45, 2.75) is 31.9 Å². The van der Waals surface area contributed by atoms with Gasteiger partial charge in [0.2, 0.25) is 0 Å². The Bertz CT molecular complexity index is 999. The maximum absolute atomic E-state index is 6.14. The van der Waals surface area contributed by atoms with Gasteiger partial charge in [-0.25, -0.2) is 15.0 Å². The summed E-state index contributed by atoms with van der Waals surface area (Å²) in [7, 11) is 0. The van der Waals surface area contributed by atoms with Gasteiger partial charge in [-0.3, -0.25) is 0 Å². The highest BCUT2D eigenvalue weighted by molar-refractivity contribution is 5.78. The van der Waals surface area contributed by atoms with Crippen molar-refractivity contribution in [1.29, 1.82) is 0 Å². The highest BCUT2D eigenvalue weighted by Crippen LogP contribution is 2.36. The number of aromatic nitrogens is 3. The van der Waals surface area contributed by atoms with Crippen LogP contribution in [0.5, 0.6) is 0 Å². The van der Waals surface area contributed by atoms with E-state index in [2.05, 4.69) is 38.5 Å². The summed E-state index contributed by atoms with van der Waals surface area (Å²) >= 11 is 0. The average molecular weight is 373 g/mol. The Morgan fingerprint density at radius 2 is 2.11 bits per heavy atom. The highest BCUT2D eigenvalue weighted by atomic mass is 16.5. The number of fused-ring (bicyclic) bond motifs is 1. The van der Waals surface area contributed by atoms with E-state index in [4.69, 9.17) is 10.5 Å². The molecule has 2 aliphatic heterocycles. The fourth-order valence-electron chi connectivity index (χ4n) is 4.23. The van der Waals surface area contributed by atoms with Gasteiger partial charge in [-0.15, -0.1) is 0 Å². The fraction of sp³-hybridized carbons (Fsp3) is 0.318. The van der Waals surface area contributed by atoms with E-state index in [1.165, 1.54) is 41.4 Å². The van der Waals surface area contributed by atoms with Gasteiger partial charge in [0, 0.05) is 29.6 Å². The predicted molar refractivity (Wildman–Crippen MR) is 108 cm³/mol. The summed E-state index contributed by atoms with van der Waals surface area (Å²) in [6.07, 6.45) is 8.44. The number of nitrogens with one attached hydrogen (secondary N) is 1. The zero-order valence-electron chi connectivity index (χ0n) is 15.7. The molecule has 5 rings (SSSR count). The Labute approximate surface area is 164 Å². The third-order valence-corrected chi connectivity index (χ3v) is 5.68. The Morgan fingerprint density at radius 1 is 1.14 bits per heavy atom. The Hall–Kier alpha value is -2.83. The van der Waals surface area contributed by atoms with E-state index in [9.17, 15) is 0 Å². The SMILES string of the molecule is Nc1ncc(-c2cc3c(c(C4CCCN4)c2)COCC3)cc1-c1ccncn1. The van der Waals surface area contributed by atoms with Gasteiger partial charge >= 0.3 is 0 Å². The molecule has 1 saturated heterocycles. The average Bonchev–Trinajstić information content (AvgIpc) is 3.29. The molecule has 0 spiro atoms. The van der Waals surface area contributed by atoms with Gasteiger partial charge in [0.25, 0.3) is 0 Å². The van der Waals surface area contributed by atoms with Crippen LogP contribution in [0.1, 0.15) is 35.6 Å². The lowest BCUT2D eigenvalue weighted by atomic mass is 9.88. The van der Waals surface area contributed by atoms with Gasteiger partial charge in [-0.1, -0.05) is 6.07 Å². The maximum Gasteiger partial charge on any atom is 0.132 e. The summed E-state index contributed by atoms with van der Waals surface area (Å²) in [6, 6.07) is 8.92. The van der Waals surface area contributed by atoms with Crippen LogP contribution in [0.25, 0.3) is 22.4 Å². The lowest BCUT2D eigenvalue weighted by Gasteiger charge is -2.25. The molecule has 1 aromatic carbocycles. The van der Waals surface area contributed by atoms with Gasteiger partial charge in [0.1, 0.15) is 12.1 Å². The number of rotatable bonds is 3. The molecule has 0 radical (unpaired) electrons. The van der Waals surface area contributed by atoms with Crippen molar-refractivity contribution in [3.05, 3.63) is 59.7 Å². The monoisotopic (exact) mass is 373 g/mol. The lowest BCUT2D eigenvalue weighted by Crippen LogP contribution is -2.19. The van der Waals surface area contributed by atoms with E-state index < -0.39 is 0 Å². The molecule has 0 bridgehead atoms. The van der Waals surface area contributed by atoms with Crippen LogP contribution < -0.4 is 11.1 Å². The summed E-state index contributed by atoms with van der Waals surface area (Å²) in [5.74, 6) is 0.478. The van der Waals surface area contributed by atoms with Crippen LogP contribution >= 0.6 is 0 Å². The third-order valence-electron chi connectivity index (χ3n) is 5.68.